The fourth-order valence-electron chi connectivity index (χ4n) is 2.69. The van der Waals surface area contributed by atoms with E-state index < -0.39 is 23.7 Å². The Hall–Kier alpha value is -4.14. The van der Waals surface area contributed by atoms with Crippen LogP contribution in [-0.2, 0) is 6.18 Å². The van der Waals surface area contributed by atoms with Gasteiger partial charge in [-0.05, 0) is 13.0 Å². The summed E-state index contributed by atoms with van der Waals surface area (Å²) in [4.78, 5) is 39.3. The van der Waals surface area contributed by atoms with Crippen LogP contribution in [0.2, 0.25) is 0 Å². The number of nitrogens with zero attached hydrogens (tertiary/aromatic N) is 5. The number of aromatic amines is 1. The molecular weight excluding hydrogens is 465 g/mol. The van der Waals surface area contributed by atoms with Crippen LogP contribution in [-0.4, -0.2) is 42.7 Å². The van der Waals surface area contributed by atoms with Crippen LogP contribution in [0.3, 0.4) is 0 Å². The molecule has 0 atom stereocenters. The van der Waals surface area contributed by atoms with Gasteiger partial charge in [0.15, 0.2) is 5.69 Å². The highest BCUT2D eigenvalue weighted by Crippen LogP contribution is 2.38. The van der Waals surface area contributed by atoms with Crippen molar-refractivity contribution < 1.29 is 22.4 Å². The minimum absolute atomic E-state index is 0.0252. The van der Waals surface area contributed by atoms with Crippen molar-refractivity contribution in [2.45, 2.75) is 13.1 Å². The van der Waals surface area contributed by atoms with Crippen LogP contribution >= 0.6 is 11.3 Å². The SMILES string of the molecule is CCNC(=O)Nc1cc(-c2nc(C(F)(F)F)cs2)c(-c2cncc(-c3n[nH]c(=O)o3)n2)cn1. The van der Waals surface area contributed by atoms with E-state index in [4.69, 9.17) is 4.42 Å². The Morgan fingerprint density at radius 2 is 1.97 bits per heavy atom. The first-order chi connectivity index (χ1) is 15.7. The molecule has 0 aliphatic rings. The number of thiazole rings is 1. The summed E-state index contributed by atoms with van der Waals surface area (Å²) in [6, 6.07) is 0.848. The van der Waals surface area contributed by atoms with E-state index in [-0.39, 0.29) is 39.2 Å². The number of alkyl halides is 3. The Kier molecular flexibility index (Phi) is 5.87. The van der Waals surface area contributed by atoms with Crippen LogP contribution in [0.15, 0.2) is 39.2 Å². The van der Waals surface area contributed by atoms with Gasteiger partial charge in [-0.2, -0.15) is 13.2 Å². The molecule has 0 unspecified atom stereocenters. The van der Waals surface area contributed by atoms with E-state index in [1.807, 2.05) is 0 Å². The Morgan fingerprint density at radius 1 is 1.18 bits per heavy atom. The fraction of sp³-hybridized carbons (Fsp3) is 0.167. The van der Waals surface area contributed by atoms with Crippen molar-refractivity contribution in [2.75, 3.05) is 11.9 Å². The highest BCUT2D eigenvalue weighted by atomic mass is 32.1. The number of halogens is 3. The van der Waals surface area contributed by atoms with E-state index >= 15 is 0 Å². The molecule has 0 aliphatic carbocycles. The number of rotatable bonds is 5. The van der Waals surface area contributed by atoms with Crippen molar-refractivity contribution in [1.82, 2.24) is 35.5 Å². The molecule has 3 N–H and O–H groups in total. The molecule has 0 saturated heterocycles. The number of carbonyl (C=O) groups excluding carboxylic acids is 1. The zero-order valence-corrected chi connectivity index (χ0v) is 17.4. The third-order valence-corrected chi connectivity index (χ3v) is 4.95. The normalized spacial score (nSPS) is 11.4. The molecule has 4 aromatic rings. The summed E-state index contributed by atoms with van der Waals surface area (Å²) in [5, 5.41) is 11.7. The lowest BCUT2D eigenvalue weighted by Crippen LogP contribution is -2.28. The van der Waals surface area contributed by atoms with E-state index in [9.17, 15) is 22.8 Å². The van der Waals surface area contributed by atoms with Crippen molar-refractivity contribution in [3.05, 3.63) is 46.3 Å². The number of amides is 2. The highest BCUT2D eigenvalue weighted by molar-refractivity contribution is 7.13. The number of hydrogen-bond donors (Lipinski definition) is 3. The molecule has 4 rings (SSSR count). The van der Waals surface area contributed by atoms with Crippen molar-refractivity contribution >= 4 is 23.2 Å². The van der Waals surface area contributed by atoms with E-state index in [2.05, 4.69) is 40.8 Å². The first-order valence-corrected chi connectivity index (χ1v) is 10.1. The summed E-state index contributed by atoms with van der Waals surface area (Å²) in [6.07, 6.45) is -0.656. The third kappa shape index (κ3) is 4.87. The summed E-state index contributed by atoms with van der Waals surface area (Å²) in [5.74, 6) is -0.819. The predicted octanol–water partition coefficient (Wildman–Crippen LogP) is 3.17. The van der Waals surface area contributed by atoms with Gasteiger partial charge in [-0.15, -0.1) is 16.4 Å². The molecule has 0 saturated carbocycles. The monoisotopic (exact) mass is 478 g/mol. The third-order valence-electron chi connectivity index (χ3n) is 4.08. The fourth-order valence-corrected chi connectivity index (χ4v) is 3.55. The molecule has 0 radical (unpaired) electrons. The molecule has 0 fully saturated rings. The smallest absolute Gasteiger partial charge is 0.386 e. The van der Waals surface area contributed by atoms with Gasteiger partial charge in [-0.3, -0.25) is 10.3 Å². The number of pyridine rings is 1. The molecule has 0 bridgehead atoms. The molecule has 4 aromatic heterocycles. The minimum atomic E-state index is -4.62. The van der Waals surface area contributed by atoms with Gasteiger partial charge in [0.05, 0.1) is 18.1 Å². The Balaban J connectivity index is 1.81. The van der Waals surface area contributed by atoms with Gasteiger partial charge in [0, 0.05) is 29.2 Å². The van der Waals surface area contributed by atoms with E-state index in [1.165, 1.54) is 24.7 Å². The van der Waals surface area contributed by atoms with Crippen molar-refractivity contribution in [1.29, 1.82) is 0 Å². The maximum Gasteiger partial charge on any atom is 0.434 e. The van der Waals surface area contributed by atoms with Crippen LogP contribution in [0, 0.1) is 0 Å². The molecule has 2 amide bonds. The van der Waals surface area contributed by atoms with Crippen LogP contribution in [0.5, 0.6) is 0 Å². The van der Waals surface area contributed by atoms with Gasteiger partial charge < -0.3 is 9.73 Å². The van der Waals surface area contributed by atoms with Crippen molar-refractivity contribution in [3.8, 4) is 33.4 Å². The molecule has 170 valence electrons. The van der Waals surface area contributed by atoms with E-state index in [1.54, 1.807) is 6.92 Å². The van der Waals surface area contributed by atoms with Gasteiger partial charge in [0.25, 0.3) is 5.89 Å². The Bertz CT molecular complexity index is 1360. The van der Waals surface area contributed by atoms with Crippen LogP contribution in [0.4, 0.5) is 23.8 Å². The summed E-state index contributed by atoms with van der Waals surface area (Å²) in [6.45, 7) is 2.09. The van der Waals surface area contributed by atoms with Crippen molar-refractivity contribution in [3.63, 3.8) is 0 Å². The first kappa shape index (κ1) is 22.1. The molecular formula is C18H13F3N8O3S. The molecule has 0 spiro atoms. The summed E-state index contributed by atoms with van der Waals surface area (Å²) in [7, 11) is 0. The average molecular weight is 478 g/mol. The number of carbonyl (C=O) groups is 1. The zero-order valence-electron chi connectivity index (χ0n) is 16.6. The predicted molar refractivity (Wildman–Crippen MR) is 110 cm³/mol. The largest absolute Gasteiger partial charge is 0.434 e. The lowest BCUT2D eigenvalue weighted by Gasteiger charge is -2.11. The number of nitrogens with one attached hydrogen (secondary N) is 3. The molecule has 0 aliphatic heterocycles. The molecule has 4 heterocycles. The standard InChI is InChI=1S/C18H13F3N8O3S/c1-2-23-16(30)27-13-3-8(15-26-12(7-33-15)18(19,20)21)9(4-24-13)10-5-22-6-11(25-10)14-28-29-17(31)32-14/h3-7H,2H2,1H3,(H,29,31)(H2,23,24,27,30). The highest BCUT2D eigenvalue weighted by Gasteiger charge is 2.34. The average Bonchev–Trinajstić information content (AvgIpc) is 3.43. The number of hydrogen-bond acceptors (Lipinski definition) is 9. The zero-order chi connectivity index (χ0) is 23.6. The second kappa shape index (κ2) is 8.78. The second-order valence-corrected chi connectivity index (χ2v) is 7.20. The summed E-state index contributed by atoms with van der Waals surface area (Å²) < 4.78 is 44.2. The molecule has 33 heavy (non-hydrogen) atoms. The Morgan fingerprint density at radius 3 is 2.64 bits per heavy atom. The number of H-pyrrole nitrogens is 1. The molecule has 11 nitrogen and oxygen atoms in total. The van der Waals surface area contributed by atoms with Gasteiger partial charge in [0.2, 0.25) is 0 Å². The number of anilines is 1. The maximum atomic E-state index is 13.1. The lowest BCUT2D eigenvalue weighted by atomic mass is 10.1. The second-order valence-electron chi connectivity index (χ2n) is 6.34. The van der Waals surface area contributed by atoms with Gasteiger partial charge in [0.1, 0.15) is 16.5 Å². The lowest BCUT2D eigenvalue weighted by molar-refractivity contribution is -0.140. The molecule has 15 heteroatoms. The van der Waals surface area contributed by atoms with Crippen LogP contribution < -0.4 is 16.4 Å². The number of urea groups is 1. The minimum Gasteiger partial charge on any atom is -0.386 e. The van der Waals surface area contributed by atoms with E-state index in [0.717, 1.165) is 16.7 Å². The van der Waals surface area contributed by atoms with Gasteiger partial charge in [-0.1, -0.05) is 0 Å². The van der Waals surface area contributed by atoms with Crippen LogP contribution in [0.1, 0.15) is 12.6 Å². The Labute approximate surface area is 186 Å². The van der Waals surface area contributed by atoms with Gasteiger partial charge >= 0.3 is 18.0 Å². The maximum absolute atomic E-state index is 13.1. The van der Waals surface area contributed by atoms with Gasteiger partial charge in [-0.25, -0.2) is 29.6 Å². The summed E-state index contributed by atoms with van der Waals surface area (Å²) >= 11 is 0.768. The van der Waals surface area contributed by atoms with E-state index in [0.29, 0.717) is 6.54 Å². The topological polar surface area (TPSA) is 152 Å². The number of aromatic nitrogens is 6. The summed E-state index contributed by atoms with van der Waals surface area (Å²) in [5.41, 5.74) is -0.231. The van der Waals surface area contributed by atoms with Crippen molar-refractivity contribution in [2.24, 2.45) is 0 Å². The first-order valence-electron chi connectivity index (χ1n) is 9.21. The molecule has 0 aromatic carbocycles. The van der Waals surface area contributed by atoms with Crippen LogP contribution in [0.25, 0.3) is 33.4 Å². The quantitative estimate of drug-likeness (QED) is 0.396.